The molecule has 146 valence electrons. The first-order chi connectivity index (χ1) is 13.0. The maximum absolute atomic E-state index is 13.2. The summed E-state index contributed by atoms with van der Waals surface area (Å²) < 4.78 is 39.5. The van der Waals surface area contributed by atoms with Gasteiger partial charge in [0.1, 0.15) is 11.1 Å². The van der Waals surface area contributed by atoms with Crippen LogP contribution in [0.5, 0.6) is 0 Å². The molecule has 0 fully saturated rings. The molecule has 0 saturated carbocycles. The van der Waals surface area contributed by atoms with E-state index in [1.807, 2.05) is 0 Å². The molecule has 0 spiro atoms. The van der Waals surface area contributed by atoms with E-state index in [2.05, 4.69) is 10.3 Å². The SMILES string of the molecule is Cc1cc(C(F)(F)F)c(C#N)c(SC(C)C(=O)Nc2cccc([N+](=O)[O-])c2)n1. The summed E-state index contributed by atoms with van der Waals surface area (Å²) in [4.78, 5) is 26.5. The van der Waals surface area contributed by atoms with Crippen molar-refractivity contribution in [1.82, 2.24) is 4.98 Å². The van der Waals surface area contributed by atoms with Gasteiger partial charge in [-0.25, -0.2) is 4.98 Å². The molecule has 0 saturated heterocycles. The third-order valence-corrected chi connectivity index (χ3v) is 4.60. The van der Waals surface area contributed by atoms with Crippen LogP contribution in [0.25, 0.3) is 0 Å². The van der Waals surface area contributed by atoms with Gasteiger partial charge in [-0.05, 0) is 26.0 Å². The van der Waals surface area contributed by atoms with Gasteiger partial charge in [-0.3, -0.25) is 14.9 Å². The molecule has 0 aliphatic carbocycles. The van der Waals surface area contributed by atoms with E-state index < -0.39 is 33.4 Å². The van der Waals surface area contributed by atoms with Crippen LogP contribution < -0.4 is 5.32 Å². The Hall–Kier alpha value is -3.13. The van der Waals surface area contributed by atoms with Crippen molar-refractivity contribution in [3.8, 4) is 6.07 Å². The first-order valence-corrected chi connectivity index (χ1v) is 8.61. The topological polar surface area (TPSA) is 109 Å². The van der Waals surface area contributed by atoms with Gasteiger partial charge in [0.2, 0.25) is 5.91 Å². The second-order valence-electron chi connectivity index (χ2n) is 5.66. The van der Waals surface area contributed by atoms with Crippen molar-refractivity contribution in [3.05, 3.63) is 57.3 Å². The van der Waals surface area contributed by atoms with Crippen LogP contribution >= 0.6 is 11.8 Å². The molecule has 1 aromatic carbocycles. The predicted molar refractivity (Wildman–Crippen MR) is 95.7 cm³/mol. The molecule has 28 heavy (non-hydrogen) atoms. The number of aryl methyl sites for hydroxylation is 1. The third-order valence-electron chi connectivity index (χ3n) is 3.51. The van der Waals surface area contributed by atoms with Crippen LogP contribution in [0.1, 0.15) is 23.7 Å². The summed E-state index contributed by atoms with van der Waals surface area (Å²) >= 11 is 0.698. The van der Waals surface area contributed by atoms with Crippen LogP contribution in [0, 0.1) is 28.4 Å². The molecule has 0 radical (unpaired) electrons. The monoisotopic (exact) mass is 410 g/mol. The van der Waals surface area contributed by atoms with Gasteiger partial charge >= 0.3 is 6.18 Å². The lowest BCUT2D eigenvalue weighted by Crippen LogP contribution is -2.23. The van der Waals surface area contributed by atoms with E-state index >= 15 is 0 Å². The summed E-state index contributed by atoms with van der Waals surface area (Å²) in [5.74, 6) is -0.605. The lowest BCUT2D eigenvalue weighted by molar-refractivity contribution is -0.384. The van der Waals surface area contributed by atoms with Gasteiger partial charge in [0, 0.05) is 23.5 Å². The molecule has 1 N–H and O–H groups in total. The van der Waals surface area contributed by atoms with E-state index in [4.69, 9.17) is 5.26 Å². The summed E-state index contributed by atoms with van der Waals surface area (Å²) in [6.07, 6.45) is -4.73. The molecule has 0 bridgehead atoms. The van der Waals surface area contributed by atoms with Crippen LogP contribution in [0.4, 0.5) is 24.5 Å². The van der Waals surface area contributed by atoms with Crippen molar-refractivity contribution in [2.24, 2.45) is 0 Å². The van der Waals surface area contributed by atoms with Gasteiger partial charge in [0.15, 0.2) is 0 Å². The Morgan fingerprint density at radius 3 is 2.64 bits per heavy atom. The number of nitrogens with zero attached hydrogens (tertiary/aromatic N) is 3. The smallest absolute Gasteiger partial charge is 0.325 e. The zero-order valence-corrected chi connectivity index (χ0v) is 15.4. The molecule has 1 amide bonds. The van der Waals surface area contributed by atoms with E-state index in [0.717, 1.165) is 12.1 Å². The minimum atomic E-state index is -4.73. The molecule has 1 heterocycles. The van der Waals surface area contributed by atoms with Gasteiger partial charge in [-0.2, -0.15) is 18.4 Å². The number of thioether (sulfide) groups is 1. The first-order valence-electron chi connectivity index (χ1n) is 7.74. The molecule has 11 heteroatoms. The van der Waals surface area contributed by atoms with Crippen molar-refractivity contribution in [2.45, 2.75) is 30.3 Å². The highest BCUT2D eigenvalue weighted by Crippen LogP contribution is 2.37. The fraction of sp³-hybridized carbons (Fsp3) is 0.235. The van der Waals surface area contributed by atoms with E-state index in [0.29, 0.717) is 11.8 Å². The van der Waals surface area contributed by atoms with Crippen LogP contribution in [0.15, 0.2) is 35.4 Å². The first kappa shape index (κ1) is 21.2. The average Bonchev–Trinajstić information content (AvgIpc) is 2.60. The Labute approximate surface area is 161 Å². The largest absolute Gasteiger partial charge is 0.417 e. The van der Waals surface area contributed by atoms with Crippen LogP contribution in [-0.2, 0) is 11.0 Å². The average molecular weight is 410 g/mol. The summed E-state index contributed by atoms with van der Waals surface area (Å²) in [6, 6.07) is 7.51. The summed E-state index contributed by atoms with van der Waals surface area (Å²) in [5.41, 5.74) is -1.77. The zero-order valence-electron chi connectivity index (χ0n) is 14.6. The number of nitrogens with one attached hydrogen (secondary N) is 1. The number of alkyl halides is 3. The number of aromatic nitrogens is 1. The highest BCUT2D eigenvalue weighted by molar-refractivity contribution is 8.00. The molecule has 2 aromatic rings. The minimum absolute atomic E-state index is 0.0557. The number of non-ortho nitro benzene ring substituents is 1. The van der Waals surface area contributed by atoms with Crippen molar-refractivity contribution in [2.75, 3.05) is 5.32 Å². The molecular weight excluding hydrogens is 397 g/mol. The maximum Gasteiger partial charge on any atom is 0.417 e. The zero-order chi connectivity index (χ0) is 21.1. The molecule has 7 nitrogen and oxygen atoms in total. The summed E-state index contributed by atoms with van der Waals surface area (Å²) in [7, 11) is 0. The van der Waals surface area contributed by atoms with E-state index in [9.17, 15) is 28.1 Å². The second kappa shape index (κ2) is 8.26. The fourth-order valence-electron chi connectivity index (χ4n) is 2.22. The fourth-order valence-corrected chi connectivity index (χ4v) is 3.19. The lowest BCUT2D eigenvalue weighted by atomic mass is 10.1. The van der Waals surface area contributed by atoms with Gasteiger partial charge in [0.25, 0.3) is 5.69 Å². The number of carbonyl (C=O) groups is 1. The quantitative estimate of drug-likeness (QED) is 0.447. The molecule has 1 atom stereocenters. The number of nitro benzene ring substituents is 1. The van der Waals surface area contributed by atoms with Gasteiger partial charge in [-0.1, -0.05) is 17.8 Å². The Morgan fingerprint density at radius 2 is 2.07 bits per heavy atom. The minimum Gasteiger partial charge on any atom is -0.325 e. The van der Waals surface area contributed by atoms with E-state index in [-0.39, 0.29) is 22.1 Å². The number of amides is 1. The Kier molecular flexibility index (Phi) is 6.25. The number of benzene rings is 1. The number of carbonyl (C=O) groups excluding carboxylic acids is 1. The highest BCUT2D eigenvalue weighted by Gasteiger charge is 2.36. The number of halogens is 3. The molecule has 0 aliphatic rings. The van der Waals surface area contributed by atoms with Crippen LogP contribution in [0.2, 0.25) is 0 Å². The number of hydrogen-bond acceptors (Lipinski definition) is 6. The van der Waals surface area contributed by atoms with Gasteiger partial charge in [-0.15, -0.1) is 0 Å². The summed E-state index contributed by atoms with van der Waals surface area (Å²) in [6.45, 7) is 2.78. The van der Waals surface area contributed by atoms with E-state index in [1.165, 1.54) is 38.1 Å². The molecule has 1 aromatic heterocycles. The normalized spacial score (nSPS) is 12.1. The molecule has 2 rings (SSSR count). The number of anilines is 1. The van der Waals surface area contributed by atoms with Crippen LogP contribution in [0.3, 0.4) is 0 Å². The highest BCUT2D eigenvalue weighted by atomic mass is 32.2. The number of pyridine rings is 1. The lowest BCUT2D eigenvalue weighted by Gasteiger charge is -2.15. The predicted octanol–water partition coefficient (Wildman–Crippen LogP) is 4.31. The van der Waals surface area contributed by atoms with Gasteiger partial charge in [0.05, 0.1) is 21.3 Å². The molecular formula is C17H13F3N4O3S. The summed E-state index contributed by atoms with van der Waals surface area (Å²) in [5, 5.41) is 21.3. The van der Waals surface area contributed by atoms with Crippen molar-refractivity contribution in [1.29, 1.82) is 5.26 Å². The second-order valence-corrected chi connectivity index (χ2v) is 6.99. The third kappa shape index (κ3) is 4.98. The number of nitro groups is 1. The Bertz CT molecular complexity index is 973. The number of nitriles is 1. The van der Waals surface area contributed by atoms with Crippen molar-refractivity contribution >= 4 is 29.0 Å². The standard InChI is InChI=1S/C17H13F3N4O3S/c1-9-6-14(17(18,19)20)13(8-21)16(22-9)28-10(2)15(25)23-11-4-3-5-12(7-11)24(26)27/h3-7,10H,1-2H3,(H,23,25). The maximum atomic E-state index is 13.2. The van der Waals surface area contributed by atoms with Crippen LogP contribution in [-0.4, -0.2) is 21.1 Å². The Morgan fingerprint density at radius 1 is 1.39 bits per heavy atom. The number of hydrogen-bond donors (Lipinski definition) is 1. The van der Waals surface area contributed by atoms with Crippen molar-refractivity contribution < 1.29 is 22.9 Å². The molecule has 0 aliphatic heterocycles. The molecule has 1 unspecified atom stereocenters. The van der Waals surface area contributed by atoms with Gasteiger partial charge < -0.3 is 5.32 Å². The van der Waals surface area contributed by atoms with E-state index in [1.54, 1.807) is 0 Å². The Balaban J connectivity index is 2.25. The van der Waals surface area contributed by atoms with Crippen molar-refractivity contribution in [3.63, 3.8) is 0 Å². The number of rotatable bonds is 5.